The molecule has 72 valence electrons. The summed E-state index contributed by atoms with van der Waals surface area (Å²) in [7, 11) is 0. The van der Waals surface area contributed by atoms with Crippen molar-refractivity contribution >= 4 is 5.69 Å². The molecule has 0 bridgehead atoms. The number of anilines is 1. The van der Waals surface area contributed by atoms with Crippen molar-refractivity contribution in [3.05, 3.63) is 29.3 Å². The Morgan fingerprint density at radius 3 is 2.69 bits per heavy atom. The summed E-state index contributed by atoms with van der Waals surface area (Å²) in [6, 6.07) is 6.57. The number of benzene rings is 1. The van der Waals surface area contributed by atoms with Crippen LogP contribution in [0.1, 0.15) is 31.4 Å². The second-order valence-corrected chi connectivity index (χ2v) is 3.54. The van der Waals surface area contributed by atoms with Gasteiger partial charge in [0.1, 0.15) is 0 Å². The molecule has 13 heavy (non-hydrogen) atoms. The van der Waals surface area contributed by atoms with Crippen molar-refractivity contribution in [1.82, 2.24) is 0 Å². The van der Waals surface area contributed by atoms with Crippen LogP contribution in [0.5, 0.6) is 0 Å². The van der Waals surface area contributed by atoms with E-state index in [4.69, 9.17) is 0 Å². The molecule has 0 atom stereocenters. The number of fused-ring (bicyclic) bond motifs is 1. The van der Waals surface area contributed by atoms with Crippen LogP contribution in [-0.2, 0) is 6.42 Å². The highest BCUT2D eigenvalue weighted by molar-refractivity contribution is 5.56. The van der Waals surface area contributed by atoms with Crippen LogP contribution in [-0.4, -0.2) is 6.54 Å². The van der Waals surface area contributed by atoms with E-state index >= 15 is 0 Å². The van der Waals surface area contributed by atoms with Crippen LogP contribution in [0.15, 0.2) is 18.2 Å². The monoisotopic (exact) mass is 177 g/mol. The van der Waals surface area contributed by atoms with Crippen molar-refractivity contribution in [3.8, 4) is 0 Å². The van der Waals surface area contributed by atoms with Gasteiger partial charge in [-0.3, -0.25) is 0 Å². The molecule has 0 radical (unpaired) electrons. The number of hydrogen-bond donors (Lipinski definition) is 1. The van der Waals surface area contributed by atoms with E-state index in [-0.39, 0.29) is 0 Å². The molecule has 1 aliphatic rings. The Labute approximate surface area is 81.2 Å². The van der Waals surface area contributed by atoms with Gasteiger partial charge in [0.2, 0.25) is 0 Å². The van der Waals surface area contributed by atoms with Crippen molar-refractivity contribution in [2.45, 2.75) is 33.6 Å². The minimum Gasteiger partial charge on any atom is -0.384 e. The molecular weight excluding hydrogens is 158 g/mol. The Bertz CT molecular complexity index is 266. The van der Waals surface area contributed by atoms with Gasteiger partial charge in [0.15, 0.2) is 0 Å². The summed E-state index contributed by atoms with van der Waals surface area (Å²) in [5.74, 6) is 0. The second kappa shape index (κ2) is 4.90. The fourth-order valence-corrected chi connectivity index (χ4v) is 1.43. The van der Waals surface area contributed by atoms with Gasteiger partial charge < -0.3 is 5.32 Å². The molecule has 1 N–H and O–H groups in total. The van der Waals surface area contributed by atoms with Crippen molar-refractivity contribution in [1.29, 1.82) is 0 Å². The van der Waals surface area contributed by atoms with E-state index in [1.54, 1.807) is 0 Å². The molecule has 1 aromatic carbocycles. The summed E-state index contributed by atoms with van der Waals surface area (Å²) in [6.07, 6.45) is 2.44. The third-order valence-corrected chi connectivity index (χ3v) is 1.97. The predicted molar refractivity (Wildman–Crippen MR) is 59.3 cm³/mol. The van der Waals surface area contributed by atoms with E-state index in [1.807, 2.05) is 0 Å². The Kier molecular flexibility index (Phi) is 3.81. The van der Waals surface area contributed by atoms with Crippen LogP contribution in [0, 0.1) is 6.92 Å². The maximum atomic E-state index is 3.33. The van der Waals surface area contributed by atoms with Gasteiger partial charge in [-0.2, -0.15) is 0 Å². The summed E-state index contributed by atoms with van der Waals surface area (Å²) in [4.78, 5) is 0. The molecule has 0 aromatic heterocycles. The maximum absolute atomic E-state index is 3.33. The SMILES string of the molecule is CCC.Cc1ccc2c(c1)CCN2. The van der Waals surface area contributed by atoms with Gasteiger partial charge in [-0.05, 0) is 25.0 Å². The van der Waals surface area contributed by atoms with E-state index in [2.05, 4.69) is 44.3 Å². The first-order valence-electron chi connectivity index (χ1n) is 5.11. The third kappa shape index (κ3) is 2.76. The Morgan fingerprint density at radius 1 is 1.31 bits per heavy atom. The van der Waals surface area contributed by atoms with Gasteiger partial charge in [-0.1, -0.05) is 38.0 Å². The summed E-state index contributed by atoms with van der Waals surface area (Å²) >= 11 is 0. The minimum absolute atomic E-state index is 1.11. The lowest BCUT2D eigenvalue weighted by atomic mass is 10.1. The third-order valence-electron chi connectivity index (χ3n) is 1.97. The molecule has 1 heterocycles. The van der Waals surface area contributed by atoms with Gasteiger partial charge in [-0.15, -0.1) is 0 Å². The van der Waals surface area contributed by atoms with E-state index in [0.717, 1.165) is 6.54 Å². The summed E-state index contributed by atoms with van der Waals surface area (Å²) in [6.45, 7) is 7.50. The lowest BCUT2D eigenvalue weighted by molar-refractivity contribution is 1.09. The van der Waals surface area contributed by atoms with Crippen molar-refractivity contribution in [3.63, 3.8) is 0 Å². The molecule has 0 fully saturated rings. The van der Waals surface area contributed by atoms with Gasteiger partial charge >= 0.3 is 0 Å². The van der Waals surface area contributed by atoms with Crippen LogP contribution in [0.2, 0.25) is 0 Å². The average molecular weight is 177 g/mol. The fraction of sp³-hybridized carbons (Fsp3) is 0.500. The topological polar surface area (TPSA) is 12.0 Å². The molecular formula is C12H19N. The van der Waals surface area contributed by atoms with Gasteiger partial charge in [0, 0.05) is 12.2 Å². The summed E-state index contributed by atoms with van der Waals surface area (Å²) in [5, 5.41) is 3.33. The lowest BCUT2D eigenvalue weighted by Crippen LogP contribution is -1.90. The first kappa shape index (κ1) is 10.1. The quantitative estimate of drug-likeness (QED) is 0.640. The number of aryl methyl sites for hydroxylation is 1. The molecule has 0 spiro atoms. The summed E-state index contributed by atoms with van der Waals surface area (Å²) in [5.41, 5.74) is 4.16. The zero-order chi connectivity index (χ0) is 9.68. The molecule has 0 aliphatic carbocycles. The Morgan fingerprint density at radius 2 is 2.00 bits per heavy atom. The van der Waals surface area contributed by atoms with Crippen LogP contribution in [0.4, 0.5) is 5.69 Å². The predicted octanol–water partition coefficient (Wildman–Crippen LogP) is 3.38. The number of hydrogen-bond acceptors (Lipinski definition) is 1. The van der Waals surface area contributed by atoms with Gasteiger partial charge in [0.05, 0.1) is 0 Å². The van der Waals surface area contributed by atoms with Crippen LogP contribution < -0.4 is 5.32 Å². The molecule has 0 saturated carbocycles. The van der Waals surface area contributed by atoms with Crippen molar-refractivity contribution in [2.75, 3.05) is 11.9 Å². The highest BCUT2D eigenvalue weighted by Gasteiger charge is 2.07. The van der Waals surface area contributed by atoms with E-state index in [9.17, 15) is 0 Å². The fourth-order valence-electron chi connectivity index (χ4n) is 1.43. The molecule has 1 aliphatic heterocycles. The second-order valence-electron chi connectivity index (χ2n) is 3.54. The van der Waals surface area contributed by atoms with Crippen LogP contribution >= 0.6 is 0 Å². The van der Waals surface area contributed by atoms with Crippen molar-refractivity contribution < 1.29 is 0 Å². The smallest absolute Gasteiger partial charge is 0.0373 e. The molecule has 2 rings (SSSR count). The average Bonchev–Trinajstić information content (AvgIpc) is 2.52. The molecule has 1 aromatic rings. The molecule has 1 heteroatoms. The maximum Gasteiger partial charge on any atom is 0.0373 e. The standard InChI is InChI=1S/C9H11N.C3H8/c1-7-2-3-9-8(6-7)4-5-10-9;1-3-2/h2-3,6,10H,4-5H2,1H3;3H2,1-2H3. The number of nitrogens with one attached hydrogen (secondary N) is 1. The minimum atomic E-state index is 1.11. The zero-order valence-electron chi connectivity index (χ0n) is 8.85. The largest absolute Gasteiger partial charge is 0.384 e. The zero-order valence-corrected chi connectivity index (χ0v) is 8.85. The van der Waals surface area contributed by atoms with Gasteiger partial charge in [0.25, 0.3) is 0 Å². The van der Waals surface area contributed by atoms with Crippen molar-refractivity contribution in [2.24, 2.45) is 0 Å². The highest BCUT2D eigenvalue weighted by atomic mass is 14.9. The highest BCUT2D eigenvalue weighted by Crippen LogP contribution is 2.22. The Hall–Kier alpha value is -0.980. The lowest BCUT2D eigenvalue weighted by Gasteiger charge is -1.98. The van der Waals surface area contributed by atoms with Crippen LogP contribution in [0.3, 0.4) is 0 Å². The molecule has 0 amide bonds. The Balaban J connectivity index is 0.000000251. The molecule has 0 saturated heterocycles. The first-order valence-corrected chi connectivity index (χ1v) is 5.11. The summed E-state index contributed by atoms with van der Waals surface area (Å²) < 4.78 is 0. The first-order chi connectivity index (χ1) is 6.27. The van der Waals surface area contributed by atoms with E-state index in [1.165, 1.54) is 29.7 Å². The van der Waals surface area contributed by atoms with E-state index in [0.29, 0.717) is 0 Å². The van der Waals surface area contributed by atoms with Gasteiger partial charge in [-0.25, -0.2) is 0 Å². The van der Waals surface area contributed by atoms with Crippen LogP contribution in [0.25, 0.3) is 0 Å². The molecule has 0 unspecified atom stereocenters. The normalized spacial score (nSPS) is 12.5. The molecule has 1 nitrogen and oxygen atoms in total. The number of rotatable bonds is 0. The van der Waals surface area contributed by atoms with E-state index < -0.39 is 0 Å².